The summed E-state index contributed by atoms with van der Waals surface area (Å²) in [5.41, 5.74) is 1.38. The first-order valence-electron chi connectivity index (χ1n) is 6.86. The summed E-state index contributed by atoms with van der Waals surface area (Å²) >= 11 is 1.82. The van der Waals surface area contributed by atoms with E-state index in [0.717, 1.165) is 13.2 Å². The first-order valence-corrected chi connectivity index (χ1v) is 7.74. The molecular formula is C14H22N2OS. The Morgan fingerprint density at radius 3 is 3.17 bits per heavy atom. The maximum absolute atomic E-state index is 6.11. The fourth-order valence-corrected chi connectivity index (χ4v) is 3.98. The molecule has 3 unspecified atom stereocenters. The van der Waals surface area contributed by atoms with Crippen LogP contribution in [0.4, 0.5) is 0 Å². The van der Waals surface area contributed by atoms with Crippen molar-refractivity contribution >= 4 is 11.3 Å². The topological polar surface area (TPSA) is 24.5 Å². The van der Waals surface area contributed by atoms with Gasteiger partial charge in [0.2, 0.25) is 0 Å². The average molecular weight is 266 g/mol. The molecule has 18 heavy (non-hydrogen) atoms. The molecule has 2 aliphatic heterocycles. The van der Waals surface area contributed by atoms with Crippen LogP contribution in [0.15, 0.2) is 11.4 Å². The second-order valence-corrected chi connectivity index (χ2v) is 6.54. The third-order valence-electron chi connectivity index (χ3n) is 4.21. The lowest BCUT2D eigenvalue weighted by atomic mass is 10.0. The van der Waals surface area contributed by atoms with Gasteiger partial charge in [-0.1, -0.05) is 0 Å². The van der Waals surface area contributed by atoms with Gasteiger partial charge in [0, 0.05) is 17.5 Å². The molecule has 100 valence electrons. The van der Waals surface area contributed by atoms with E-state index in [0.29, 0.717) is 18.2 Å². The summed E-state index contributed by atoms with van der Waals surface area (Å²) in [7, 11) is 2.04. The molecule has 4 heteroatoms. The highest BCUT2D eigenvalue weighted by Crippen LogP contribution is 2.30. The summed E-state index contributed by atoms with van der Waals surface area (Å²) in [4.78, 5) is 3.98. The summed E-state index contributed by atoms with van der Waals surface area (Å²) in [6, 6.07) is 3.30. The van der Waals surface area contributed by atoms with Crippen LogP contribution in [-0.4, -0.2) is 43.8 Å². The highest BCUT2D eigenvalue weighted by atomic mass is 32.1. The van der Waals surface area contributed by atoms with Crippen molar-refractivity contribution in [3.8, 4) is 0 Å². The molecule has 2 aliphatic rings. The number of aryl methyl sites for hydroxylation is 1. The van der Waals surface area contributed by atoms with Crippen LogP contribution in [0.25, 0.3) is 0 Å². The Hall–Kier alpha value is -0.420. The highest BCUT2D eigenvalue weighted by molar-refractivity contribution is 7.10. The number of fused-ring (bicyclic) bond motifs is 1. The zero-order valence-corrected chi connectivity index (χ0v) is 12.0. The van der Waals surface area contributed by atoms with Gasteiger partial charge in [0.25, 0.3) is 0 Å². The third kappa shape index (κ3) is 2.35. The molecular weight excluding hydrogens is 244 g/mol. The molecule has 0 bridgehead atoms. The summed E-state index contributed by atoms with van der Waals surface area (Å²) in [5, 5.41) is 5.70. The lowest BCUT2D eigenvalue weighted by Gasteiger charge is -2.38. The van der Waals surface area contributed by atoms with Crippen molar-refractivity contribution in [1.82, 2.24) is 10.2 Å². The molecule has 1 aromatic rings. The molecule has 2 fully saturated rings. The van der Waals surface area contributed by atoms with E-state index in [1.807, 2.05) is 18.4 Å². The van der Waals surface area contributed by atoms with E-state index in [-0.39, 0.29) is 0 Å². The summed E-state index contributed by atoms with van der Waals surface area (Å²) in [6.45, 7) is 5.40. The number of ether oxygens (including phenoxy) is 1. The second-order valence-electron chi connectivity index (χ2n) is 5.42. The monoisotopic (exact) mass is 266 g/mol. The number of likely N-dealkylation sites (N-methyl/N-ethyl adjacent to an activating group) is 1. The standard InChI is InChI=1S/C14H22N2OS/c1-10-6-11(9-18-10)14(15-2)13-7-16-5-3-4-12(16)8-17-13/h6,9,12-15H,3-5,7-8H2,1-2H3. The van der Waals surface area contributed by atoms with Crippen LogP contribution in [-0.2, 0) is 4.74 Å². The van der Waals surface area contributed by atoms with Crippen LogP contribution in [0.2, 0.25) is 0 Å². The predicted molar refractivity (Wildman–Crippen MR) is 75.2 cm³/mol. The Kier molecular flexibility index (Phi) is 3.71. The Morgan fingerprint density at radius 2 is 2.44 bits per heavy atom. The van der Waals surface area contributed by atoms with Crippen molar-refractivity contribution in [3.63, 3.8) is 0 Å². The van der Waals surface area contributed by atoms with Crippen molar-refractivity contribution in [1.29, 1.82) is 0 Å². The predicted octanol–water partition coefficient (Wildman–Crippen LogP) is 2.18. The van der Waals surface area contributed by atoms with Crippen molar-refractivity contribution in [3.05, 3.63) is 21.9 Å². The number of thiophene rings is 1. The molecule has 3 atom stereocenters. The molecule has 2 saturated heterocycles. The first-order chi connectivity index (χ1) is 8.78. The largest absolute Gasteiger partial charge is 0.373 e. The smallest absolute Gasteiger partial charge is 0.0897 e. The molecule has 0 saturated carbocycles. The van der Waals surface area contributed by atoms with Crippen LogP contribution in [0, 0.1) is 6.92 Å². The fourth-order valence-electron chi connectivity index (χ4n) is 3.24. The van der Waals surface area contributed by atoms with E-state index < -0.39 is 0 Å². The van der Waals surface area contributed by atoms with Crippen LogP contribution in [0.1, 0.15) is 29.3 Å². The van der Waals surface area contributed by atoms with E-state index >= 15 is 0 Å². The number of hydrogen-bond donors (Lipinski definition) is 1. The highest BCUT2D eigenvalue weighted by Gasteiger charge is 2.35. The number of nitrogens with zero attached hydrogens (tertiary/aromatic N) is 1. The van der Waals surface area contributed by atoms with Gasteiger partial charge in [-0.05, 0) is 50.4 Å². The van der Waals surface area contributed by atoms with E-state index in [1.165, 1.54) is 29.8 Å². The third-order valence-corrected chi connectivity index (χ3v) is 5.09. The van der Waals surface area contributed by atoms with Crippen LogP contribution >= 0.6 is 11.3 Å². The van der Waals surface area contributed by atoms with Gasteiger partial charge in [0.1, 0.15) is 0 Å². The Labute approximate surface area is 113 Å². The second kappa shape index (κ2) is 5.29. The Balaban J connectivity index is 1.72. The minimum atomic E-state index is 0.290. The molecule has 1 aromatic heterocycles. The van der Waals surface area contributed by atoms with Gasteiger partial charge in [-0.3, -0.25) is 4.90 Å². The minimum absolute atomic E-state index is 0.290. The Morgan fingerprint density at radius 1 is 1.56 bits per heavy atom. The number of rotatable bonds is 3. The van der Waals surface area contributed by atoms with Gasteiger partial charge in [0.15, 0.2) is 0 Å². The molecule has 1 N–H and O–H groups in total. The molecule has 0 spiro atoms. The average Bonchev–Trinajstić information content (AvgIpc) is 2.99. The van der Waals surface area contributed by atoms with Crippen LogP contribution < -0.4 is 5.32 Å². The zero-order chi connectivity index (χ0) is 12.5. The van der Waals surface area contributed by atoms with E-state index in [1.54, 1.807) is 0 Å². The van der Waals surface area contributed by atoms with Gasteiger partial charge in [-0.2, -0.15) is 0 Å². The van der Waals surface area contributed by atoms with Gasteiger partial charge < -0.3 is 10.1 Å². The first kappa shape index (κ1) is 12.6. The number of nitrogens with one attached hydrogen (secondary N) is 1. The molecule has 3 nitrogen and oxygen atoms in total. The normalized spacial score (nSPS) is 30.3. The summed E-state index contributed by atoms with van der Waals surface area (Å²) < 4.78 is 6.11. The van der Waals surface area contributed by atoms with E-state index in [2.05, 4.69) is 28.6 Å². The lowest BCUT2D eigenvalue weighted by Crippen LogP contribution is -2.50. The zero-order valence-electron chi connectivity index (χ0n) is 11.2. The molecule has 0 amide bonds. The molecule has 3 rings (SSSR count). The molecule has 3 heterocycles. The van der Waals surface area contributed by atoms with Crippen molar-refractivity contribution in [2.75, 3.05) is 26.7 Å². The lowest BCUT2D eigenvalue weighted by molar-refractivity contribution is -0.0642. The SMILES string of the molecule is CNC(c1csc(C)c1)C1CN2CCCC2CO1. The van der Waals surface area contributed by atoms with Gasteiger partial charge in [-0.25, -0.2) is 0 Å². The summed E-state index contributed by atoms with van der Waals surface area (Å²) in [5.74, 6) is 0. The summed E-state index contributed by atoms with van der Waals surface area (Å²) in [6.07, 6.45) is 2.94. The van der Waals surface area contributed by atoms with Gasteiger partial charge in [0.05, 0.1) is 18.8 Å². The van der Waals surface area contributed by atoms with E-state index in [9.17, 15) is 0 Å². The molecule has 0 aromatic carbocycles. The van der Waals surface area contributed by atoms with Crippen molar-refractivity contribution in [2.24, 2.45) is 0 Å². The number of morpholine rings is 1. The van der Waals surface area contributed by atoms with Gasteiger partial charge >= 0.3 is 0 Å². The van der Waals surface area contributed by atoms with E-state index in [4.69, 9.17) is 4.74 Å². The minimum Gasteiger partial charge on any atom is -0.373 e. The number of hydrogen-bond acceptors (Lipinski definition) is 4. The Bertz CT molecular complexity index is 406. The van der Waals surface area contributed by atoms with Crippen LogP contribution in [0.5, 0.6) is 0 Å². The maximum atomic E-state index is 6.11. The maximum Gasteiger partial charge on any atom is 0.0897 e. The molecule has 0 aliphatic carbocycles. The van der Waals surface area contributed by atoms with Crippen molar-refractivity contribution < 1.29 is 4.74 Å². The van der Waals surface area contributed by atoms with Crippen LogP contribution in [0.3, 0.4) is 0 Å². The quantitative estimate of drug-likeness (QED) is 0.907. The van der Waals surface area contributed by atoms with Gasteiger partial charge in [-0.15, -0.1) is 11.3 Å². The molecule has 0 radical (unpaired) electrons. The fraction of sp³-hybridized carbons (Fsp3) is 0.714. The van der Waals surface area contributed by atoms with Crippen molar-refractivity contribution in [2.45, 2.75) is 38.0 Å².